The van der Waals surface area contributed by atoms with Crippen LogP contribution in [0.25, 0.3) is 0 Å². The van der Waals surface area contributed by atoms with Crippen molar-refractivity contribution in [3.05, 3.63) is 60.2 Å². The molecule has 0 radical (unpaired) electrons. The topological polar surface area (TPSA) is 102 Å². The Morgan fingerprint density at radius 1 is 1.19 bits per heavy atom. The maximum Gasteiger partial charge on any atom is 0.230 e. The molecule has 9 heteroatoms. The van der Waals surface area contributed by atoms with Gasteiger partial charge in [-0.1, -0.05) is 42.1 Å². The van der Waals surface area contributed by atoms with Crippen LogP contribution in [0.3, 0.4) is 0 Å². The number of rotatable bonds is 6. The number of nitrogens with zero attached hydrogens (tertiary/aromatic N) is 2. The third-order valence-electron chi connectivity index (χ3n) is 5.33. The van der Waals surface area contributed by atoms with E-state index in [1.54, 1.807) is 7.11 Å². The van der Waals surface area contributed by atoms with Crippen LogP contribution in [0.15, 0.2) is 59.6 Å². The number of benzene rings is 2. The minimum atomic E-state index is -0.230. The number of fused-ring (bicyclic) bond motifs is 1. The molecule has 31 heavy (non-hydrogen) atoms. The highest BCUT2D eigenvalue weighted by Gasteiger charge is 2.43. The Morgan fingerprint density at radius 3 is 2.65 bits per heavy atom. The van der Waals surface area contributed by atoms with Gasteiger partial charge in [0.2, 0.25) is 5.91 Å². The first-order valence-electron chi connectivity index (χ1n) is 10.1. The van der Waals surface area contributed by atoms with E-state index in [4.69, 9.17) is 15.1 Å². The molecule has 8 nitrogen and oxygen atoms in total. The van der Waals surface area contributed by atoms with E-state index in [2.05, 4.69) is 16.2 Å². The average molecular weight is 439 g/mol. The van der Waals surface area contributed by atoms with E-state index in [-0.39, 0.29) is 29.8 Å². The second-order valence-electron chi connectivity index (χ2n) is 7.43. The van der Waals surface area contributed by atoms with Gasteiger partial charge in [-0.2, -0.15) is 0 Å². The number of amides is 1. The van der Waals surface area contributed by atoms with Crippen molar-refractivity contribution in [1.29, 1.82) is 5.41 Å². The Bertz CT molecular complexity index is 966. The van der Waals surface area contributed by atoms with E-state index < -0.39 is 0 Å². The lowest BCUT2D eigenvalue weighted by Crippen LogP contribution is -2.50. The highest BCUT2D eigenvalue weighted by molar-refractivity contribution is 8.14. The summed E-state index contributed by atoms with van der Waals surface area (Å²) in [4.78, 5) is 19.1. The molecule has 2 heterocycles. The Morgan fingerprint density at radius 2 is 1.94 bits per heavy atom. The molecule has 4 rings (SSSR count). The summed E-state index contributed by atoms with van der Waals surface area (Å²) < 4.78 is 5.26. The third-order valence-corrected chi connectivity index (χ3v) is 6.28. The van der Waals surface area contributed by atoms with E-state index in [0.717, 1.165) is 17.0 Å². The molecule has 2 aromatic carbocycles. The van der Waals surface area contributed by atoms with Crippen LogP contribution >= 0.6 is 11.8 Å². The summed E-state index contributed by atoms with van der Waals surface area (Å²) in [6.07, 6.45) is -0.230. The second-order valence-corrected chi connectivity index (χ2v) is 8.37. The lowest BCUT2D eigenvalue weighted by atomic mass is 9.97. The van der Waals surface area contributed by atoms with Gasteiger partial charge in [0.05, 0.1) is 18.8 Å². The number of amidine groups is 2. The van der Waals surface area contributed by atoms with Crippen molar-refractivity contribution >= 4 is 34.4 Å². The number of nitrogens with one attached hydrogen (secondary N) is 4. The van der Waals surface area contributed by atoms with Crippen LogP contribution in [0.1, 0.15) is 12.5 Å². The Hall–Kier alpha value is -2.88. The molecule has 3 atom stereocenters. The first kappa shape index (κ1) is 21.4. The zero-order chi connectivity index (χ0) is 21.8. The highest BCUT2D eigenvalue weighted by atomic mass is 32.2. The van der Waals surface area contributed by atoms with Crippen LogP contribution in [-0.4, -0.2) is 42.0 Å². The summed E-state index contributed by atoms with van der Waals surface area (Å²) in [5.41, 5.74) is 8.20. The molecule has 1 fully saturated rings. The zero-order valence-corrected chi connectivity index (χ0v) is 18.3. The van der Waals surface area contributed by atoms with E-state index in [1.807, 2.05) is 66.4 Å². The SMILES string of the molecule is COc1ccc(N2C(=N)C3C(C)NNC3N=C2SCC(=O)NCc2ccccc2)cc1. The number of hydrogen-bond donors (Lipinski definition) is 4. The average Bonchev–Trinajstić information content (AvgIpc) is 3.18. The van der Waals surface area contributed by atoms with Gasteiger partial charge < -0.3 is 10.1 Å². The molecule has 0 aliphatic carbocycles. The molecule has 2 aliphatic heterocycles. The summed E-state index contributed by atoms with van der Waals surface area (Å²) in [6.45, 7) is 2.52. The lowest BCUT2D eigenvalue weighted by Gasteiger charge is -2.35. The van der Waals surface area contributed by atoms with Gasteiger partial charge in [0, 0.05) is 18.3 Å². The Balaban J connectivity index is 1.49. The number of anilines is 1. The van der Waals surface area contributed by atoms with Gasteiger partial charge in [-0.3, -0.25) is 20.5 Å². The Kier molecular flexibility index (Phi) is 6.55. The number of thioether (sulfide) groups is 1. The molecule has 0 bridgehead atoms. The maximum absolute atomic E-state index is 12.4. The molecule has 0 spiro atoms. The normalized spacial score (nSPS) is 22.6. The van der Waals surface area contributed by atoms with Crippen LogP contribution in [0, 0.1) is 11.3 Å². The van der Waals surface area contributed by atoms with Gasteiger partial charge in [0.1, 0.15) is 17.8 Å². The zero-order valence-electron chi connectivity index (χ0n) is 17.5. The van der Waals surface area contributed by atoms with Crippen LogP contribution in [0.5, 0.6) is 5.75 Å². The number of methoxy groups -OCH3 is 1. The number of carbonyl (C=O) groups is 1. The van der Waals surface area contributed by atoms with Gasteiger partial charge in [0.15, 0.2) is 5.17 Å². The van der Waals surface area contributed by atoms with Crippen molar-refractivity contribution in [3.63, 3.8) is 0 Å². The lowest BCUT2D eigenvalue weighted by molar-refractivity contribution is -0.118. The molecular formula is C22H26N6O2S. The van der Waals surface area contributed by atoms with E-state index in [1.165, 1.54) is 11.8 Å². The van der Waals surface area contributed by atoms with Crippen molar-refractivity contribution in [3.8, 4) is 5.75 Å². The maximum atomic E-state index is 12.4. The van der Waals surface area contributed by atoms with Crippen molar-refractivity contribution in [2.75, 3.05) is 17.8 Å². The van der Waals surface area contributed by atoms with Crippen molar-refractivity contribution in [2.24, 2.45) is 10.9 Å². The molecule has 3 unspecified atom stereocenters. The summed E-state index contributed by atoms with van der Waals surface area (Å²) in [5, 5.41) is 12.4. The van der Waals surface area contributed by atoms with Crippen LogP contribution in [-0.2, 0) is 11.3 Å². The Labute approximate surface area is 185 Å². The molecule has 1 amide bonds. The standard InChI is InChI=1S/C22H26N6O2S/c1-14-19-20(23)28(16-8-10-17(30-2)11-9-16)22(25-21(19)27-26-14)31-13-18(29)24-12-15-6-4-3-5-7-15/h3-11,14,19,21,23,26-27H,12-13H2,1-2H3,(H,24,29). The molecule has 1 saturated heterocycles. The molecular weight excluding hydrogens is 412 g/mol. The minimum Gasteiger partial charge on any atom is -0.497 e. The van der Waals surface area contributed by atoms with Crippen molar-refractivity contribution in [1.82, 2.24) is 16.2 Å². The summed E-state index contributed by atoms with van der Waals surface area (Å²) >= 11 is 1.33. The second kappa shape index (κ2) is 9.51. The first-order valence-corrected chi connectivity index (χ1v) is 11.1. The predicted octanol–water partition coefficient (Wildman–Crippen LogP) is 2.34. The number of hydrazine groups is 1. The molecule has 0 saturated carbocycles. The molecule has 0 aromatic heterocycles. The predicted molar refractivity (Wildman–Crippen MR) is 124 cm³/mol. The summed E-state index contributed by atoms with van der Waals surface area (Å²) in [7, 11) is 1.62. The van der Waals surface area contributed by atoms with Crippen LogP contribution in [0.4, 0.5) is 5.69 Å². The fraction of sp³-hybridized carbons (Fsp3) is 0.318. The first-order chi connectivity index (χ1) is 15.1. The van der Waals surface area contributed by atoms with Crippen LogP contribution in [0.2, 0.25) is 0 Å². The van der Waals surface area contributed by atoms with Crippen molar-refractivity contribution < 1.29 is 9.53 Å². The van der Waals surface area contributed by atoms with Gasteiger partial charge >= 0.3 is 0 Å². The fourth-order valence-corrected chi connectivity index (χ4v) is 4.54. The van der Waals surface area contributed by atoms with Gasteiger partial charge in [-0.15, -0.1) is 0 Å². The molecule has 2 aliphatic rings. The van der Waals surface area contributed by atoms with E-state index in [9.17, 15) is 4.79 Å². The monoisotopic (exact) mass is 438 g/mol. The molecule has 2 aromatic rings. The minimum absolute atomic E-state index is 0.0720. The highest BCUT2D eigenvalue weighted by Crippen LogP contribution is 2.32. The number of hydrogen-bond acceptors (Lipinski definition) is 7. The summed E-state index contributed by atoms with van der Waals surface area (Å²) in [6, 6.07) is 17.4. The number of aliphatic imine (C=N–C) groups is 1. The van der Waals surface area contributed by atoms with Gasteiger partial charge in [0.25, 0.3) is 0 Å². The quantitative estimate of drug-likeness (QED) is 0.552. The molecule has 4 N–H and O–H groups in total. The van der Waals surface area contributed by atoms with Crippen molar-refractivity contribution in [2.45, 2.75) is 25.7 Å². The largest absolute Gasteiger partial charge is 0.497 e. The van der Waals surface area contributed by atoms with E-state index >= 15 is 0 Å². The van der Waals surface area contributed by atoms with Gasteiger partial charge in [-0.25, -0.2) is 10.4 Å². The van der Waals surface area contributed by atoms with Gasteiger partial charge in [-0.05, 0) is 36.8 Å². The van der Waals surface area contributed by atoms with E-state index in [0.29, 0.717) is 17.5 Å². The smallest absolute Gasteiger partial charge is 0.230 e. The number of ether oxygens (including phenoxy) is 1. The van der Waals surface area contributed by atoms with Crippen LogP contribution < -0.4 is 25.8 Å². The fourth-order valence-electron chi connectivity index (χ4n) is 3.66. The molecule has 162 valence electrons. The summed E-state index contributed by atoms with van der Waals surface area (Å²) in [5.74, 6) is 1.23. The number of carbonyl (C=O) groups excluding carboxylic acids is 1. The third kappa shape index (κ3) is 4.73.